The van der Waals surface area contributed by atoms with Crippen molar-refractivity contribution in [3.8, 4) is 0 Å². The number of hydrogen-bond acceptors (Lipinski definition) is 3. The molecule has 1 aliphatic rings. The molecule has 1 unspecified atom stereocenters. The predicted molar refractivity (Wildman–Crippen MR) is 86.3 cm³/mol. The number of nitrogens with zero attached hydrogens (tertiary/aromatic N) is 1. The topological polar surface area (TPSA) is 44.4 Å². The summed E-state index contributed by atoms with van der Waals surface area (Å²) in [7, 11) is 0. The minimum atomic E-state index is 0.0293. The van der Waals surface area contributed by atoms with E-state index in [1.807, 2.05) is 19.1 Å². The number of rotatable bonds is 4. The Hall–Kier alpha value is -1.39. The molecular formula is C17H27N3O. The van der Waals surface area contributed by atoms with Crippen LogP contribution in [0, 0.1) is 6.92 Å². The van der Waals surface area contributed by atoms with E-state index in [0.717, 1.165) is 19.6 Å². The molecule has 21 heavy (non-hydrogen) atoms. The molecule has 0 spiro atoms. The van der Waals surface area contributed by atoms with E-state index < -0.39 is 0 Å². The lowest BCUT2D eigenvalue weighted by atomic mass is 10.00. The van der Waals surface area contributed by atoms with Gasteiger partial charge in [-0.1, -0.05) is 24.3 Å². The summed E-state index contributed by atoms with van der Waals surface area (Å²) in [5.41, 5.74) is 2.43. The van der Waals surface area contributed by atoms with E-state index in [-0.39, 0.29) is 17.5 Å². The molecule has 1 atom stereocenters. The summed E-state index contributed by atoms with van der Waals surface area (Å²) in [5, 5.41) is 6.50. The van der Waals surface area contributed by atoms with Gasteiger partial charge in [0.2, 0.25) is 5.91 Å². The summed E-state index contributed by atoms with van der Waals surface area (Å²) in [6, 6.07) is 8.25. The van der Waals surface area contributed by atoms with Crippen LogP contribution < -0.4 is 10.6 Å². The molecule has 1 aliphatic heterocycles. The van der Waals surface area contributed by atoms with Crippen LogP contribution in [0.3, 0.4) is 0 Å². The second-order valence-electron chi connectivity index (χ2n) is 6.56. The minimum absolute atomic E-state index is 0.0293. The fraction of sp³-hybridized carbons (Fsp3) is 0.588. The number of carbonyl (C=O) groups excluding carboxylic acids is 1. The third kappa shape index (κ3) is 4.05. The average molecular weight is 289 g/mol. The largest absolute Gasteiger partial charge is 0.348 e. The Morgan fingerprint density at radius 2 is 2.14 bits per heavy atom. The highest BCUT2D eigenvalue weighted by Gasteiger charge is 2.30. The molecule has 4 heteroatoms. The van der Waals surface area contributed by atoms with E-state index in [9.17, 15) is 4.79 Å². The van der Waals surface area contributed by atoms with Gasteiger partial charge >= 0.3 is 0 Å². The predicted octanol–water partition coefficient (Wildman–Crippen LogP) is 1.86. The quantitative estimate of drug-likeness (QED) is 0.889. The summed E-state index contributed by atoms with van der Waals surface area (Å²) in [6.07, 6.45) is 0. The Bertz CT molecular complexity index is 499. The summed E-state index contributed by atoms with van der Waals surface area (Å²) in [4.78, 5) is 14.6. The highest BCUT2D eigenvalue weighted by Crippen LogP contribution is 2.18. The van der Waals surface area contributed by atoms with Crippen LogP contribution in [0.15, 0.2) is 24.3 Å². The van der Waals surface area contributed by atoms with Crippen LogP contribution in [0.2, 0.25) is 0 Å². The van der Waals surface area contributed by atoms with Gasteiger partial charge in [-0.2, -0.15) is 0 Å². The zero-order valence-corrected chi connectivity index (χ0v) is 13.6. The van der Waals surface area contributed by atoms with Crippen molar-refractivity contribution in [3.05, 3.63) is 35.4 Å². The first-order valence-electron chi connectivity index (χ1n) is 7.71. The standard InChI is InChI=1S/C17H27N3O/c1-13-7-5-6-8-15(13)14(2)19-16(21)11-20-10-9-18-12-17(20,3)4/h5-8,14,18H,9-12H2,1-4H3,(H,19,21). The molecule has 0 aromatic heterocycles. The first-order chi connectivity index (χ1) is 9.90. The van der Waals surface area contributed by atoms with Gasteiger partial charge in [0.15, 0.2) is 0 Å². The molecule has 1 fully saturated rings. The van der Waals surface area contributed by atoms with Gasteiger partial charge in [-0.25, -0.2) is 0 Å². The molecule has 2 rings (SSSR count). The van der Waals surface area contributed by atoms with Crippen LogP contribution in [0.1, 0.15) is 37.9 Å². The van der Waals surface area contributed by atoms with Gasteiger partial charge in [-0.05, 0) is 38.8 Å². The summed E-state index contributed by atoms with van der Waals surface area (Å²) in [5.74, 6) is 0.0979. The number of piperazine rings is 1. The van der Waals surface area contributed by atoms with Gasteiger partial charge in [0.25, 0.3) is 0 Å². The molecule has 116 valence electrons. The van der Waals surface area contributed by atoms with Crippen molar-refractivity contribution in [2.45, 2.75) is 39.3 Å². The van der Waals surface area contributed by atoms with Gasteiger partial charge < -0.3 is 10.6 Å². The first kappa shape index (κ1) is 16.0. The molecular weight excluding hydrogens is 262 g/mol. The van der Waals surface area contributed by atoms with E-state index in [1.54, 1.807) is 0 Å². The SMILES string of the molecule is Cc1ccccc1C(C)NC(=O)CN1CCNCC1(C)C. The number of hydrogen-bond donors (Lipinski definition) is 2. The molecule has 0 aliphatic carbocycles. The normalized spacial score (nSPS) is 20.0. The van der Waals surface area contributed by atoms with Crippen molar-refractivity contribution in [1.82, 2.24) is 15.5 Å². The fourth-order valence-corrected chi connectivity index (χ4v) is 2.93. The van der Waals surface area contributed by atoms with E-state index in [1.165, 1.54) is 11.1 Å². The lowest BCUT2D eigenvalue weighted by Crippen LogP contribution is -2.59. The third-order valence-corrected chi connectivity index (χ3v) is 4.34. The fourth-order valence-electron chi connectivity index (χ4n) is 2.93. The second-order valence-corrected chi connectivity index (χ2v) is 6.56. The maximum Gasteiger partial charge on any atom is 0.234 e. The molecule has 0 bridgehead atoms. The van der Waals surface area contributed by atoms with Crippen molar-refractivity contribution in [2.75, 3.05) is 26.2 Å². The van der Waals surface area contributed by atoms with Crippen LogP contribution in [0.5, 0.6) is 0 Å². The minimum Gasteiger partial charge on any atom is -0.348 e. The zero-order valence-electron chi connectivity index (χ0n) is 13.6. The molecule has 1 amide bonds. The van der Waals surface area contributed by atoms with E-state index in [2.05, 4.69) is 48.4 Å². The van der Waals surface area contributed by atoms with Gasteiger partial charge in [-0.3, -0.25) is 9.69 Å². The molecule has 4 nitrogen and oxygen atoms in total. The molecule has 1 saturated heterocycles. The van der Waals surface area contributed by atoms with Gasteiger partial charge in [-0.15, -0.1) is 0 Å². The second kappa shape index (κ2) is 6.58. The van der Waals surface area contributed by atoms with Gasteiger partial charge in [0.05, 0.1) is 12.6 Å². The van der Waals surface area contributed by atoms with E-state index in [4.69, 9.17) is 0 Å². The lowest BCUT2D eigenvalue weighted by molar-refractivity contribution is -0.124. The number of aryl methyl sites for hydroxylation is 1. The molecule has 1 aromatic carbocycles. The summed E-state index contributed by atoms with van der Waals surface area (Å²) < 4.78 is 0. The van der Waals surface area contributed by atoms with Crippen molar-refractivity contribution in [1.29, 1.82) is 0 Å². The van der Waals surface area contributed by atoms with Crippen LogP contribution >= 0.6 is 0 Å². The number of amides is 1. The van der Waals surface area contributed by atoms with Crippen molar-refractivity contribution >= 4 is 5.91 Å². The first-order valence-corrected chi connectivity index (χ1v) is 7.71. The Morgan fingerprint density at radius 3 is 2.81 bits per heavy atom. The van der Waals surface area contributed by atoms with Crippen LogP contribution in [-0.2, 0) is 4.79 Å². The average Bonchev–Trinajstić information content (AvgIpc) is 2.41. The maximum atomic E-state index is 12.3. The van der Waals surface area contributed by atoms with E-state index >= 15 is 0 Å². The number of carbonyl (C=O) groups is 1. The smallest absolute Gasteiger partial charge is 0.234 e. The number of nitrogens with one attached hydrogen (secondary N) is 2. The lowest BCUT2D eigenvalue weighted by Gasteiger charge is -2.42. The Morgan fingerprint density at radius 1 is 1.43 bits per heavy atom. The van der Waals surface area contributed by atoms with Crippen molar-refractivity contribution in [2.24, 2.45) is 0 Å². The van der Waals surface area contributed by atoms with Crippen molar-refractivity contribution < 1.29 is 4.79 Å². The molecule has 2 N–H and O–H groups in total. The molecule has 1 heterocycles. The highest BCUT2D eigenvalue weighted by atomic mass is 16.2. The Kier molecular flexibility index (Phi) is 5.01. The zero-order chi connectivity index (χ0) is 15.5. The number of benzene rings is 1. The molecule has 0 radical (unpaired) electrons. The summed E-state index contributed by atoms with van der Waals surface area (Å²) >= 11 is 0. The third-order valence-electron chi connectivity index (χ3n) is 4.34. The summed E-state index contributed by atoms with van der Waals surface area (Å²) in [6.45, 7) is 11.7. The highest BCUT2D eigenvalue weighted by molar-refractivity contribution is 5.78. The van der Waals surface area contributed by atoms with Crippen LogP contribution in [-0.4, -0.2) is 42.5 Å². The maximum absolute atomic E-state index is 12.3. The monoisotopic (exact) mass is 289 g/mol. The van der Waals surface area contributed by atoms with E-state index in [0.29, 0.717) is 6.54 Å². The Balaban J connectivity index is 1.94. The Labute approximate surface area is 127 Å². The van der Waals surface area contributed by atoms with Crippen LogP contribution in [0.25, 0.3) is 0 Å². The van der Waals surface area contributed by atoms with Gasteiger partial charge in [0.1, 0.15) is 0 Å². The van der Waals surface area contributed by atoms with Crippen LogP contribution in [0.4, 0.5) is 0 Å². The van der Waals surface area contributed by atoms with Crippen molar-refractivity contribution in [3.63, 3.8) is 0 Å². The molecule has 0 saturated carbocycles. The molecule has 1 aromatic rings. The van der Waals surface area contributed by atoms with Gasteiger partial charge in [0, 0.05) is 25.2 Å².